The van der Waals surface area contributed by atoms with Gasteiger partial charge in [0.2, 0.25) is 0 Å². The number of terminal acetylenes is 1. The fourth-order valence-electron chi connectivity index (χ4n) is 1.48. The summed E-state index contributed by atoms with van der Waals surface area (Å²) in [5.41, 5.74) is 0. The van der Waals surface area contributed by atoms with Gasteiger partial charge in [-0.15, -0.1) is 12.3 Å². The second-order valence-corrected chi connectivity index (χ2v) is 3.77. The fourth-order valence-corrected chi connectivity index (χ4v) is 1.48. The summed E-state index contributed by atoms with van der Waals surface area (Å²) in [4.78, 5) is 23.0. The van der Waals surface area contributed by atoms with E-state index in [2.05, 4.69) is 5.92 Å². The number of hydrogen-bond donors (Lipinski definition) is 0. The zero-order chi connectivity index (χ0) is 11.7. The maximum absolute atomic E-state index is 11.5. The molecule has 2 nitrogen and oxygen atoms in total. The third-order valence-corrected chi connectivity index (χ3v) is 2.45. The minimum absolute atomic E-state index is 0.109. The minimum Gasteiger partial charge on any atom is -0.300 e. The number of Topliss-reactive ketones (excluding diaryl/α,β-unsaturated/α-hetero) is 2. The Morgan fingerprint density at radius 3 is 2.47 bits per heavy atom. The Kier molecular flexibility index (Phi) is 7.62. The molecule has 0 aliphatic rings. The molecule has 2 heteroatoms. The first kappa shape index (κ1) is 13.9. The summed E-state index contributed by atoms with van der Waals surface area (Å²) >= 11 is 0. The highest BCUT2D eigenvalue weighted by molar-refractivity contribution is 5.88. The van der Waals surface area contributed by atoms with E-state index >= 15 is 0 Å². The van der Waals surface area contributed by atoms with Crippen LogP contribution in [0, 0.1) is 18.3 Å². The Hall–Kier alpha value is -1.10. The summed E-state index contributed by atoms with van der Waals surface area (Å²) in [5.74, 6) is 2.50. The van der Waals surface area contributed by atoms with E-state index in [4.69, 9.17) is 6.42 Å². The summed E-state index contributed by atoms with van der Waals surface area (Å²) in [6.07, 6.45) is 8.86. The van der Waals surface area contributed by atoms with Gasteiger partial charge in [-0.25, -0.2) is 0 Å². The third-order valence-electron chi connectivity index (χ3n) is 2.45. The van der Waals surface area contributed by atoms with Crippen LogP contribution in [-0.4, -0.2) is 11.6 Å². The van der Waals surface area contributed by atoms with E-state index in [1.54, 1.807) is 0 Å². The minimum atomic E-state index is -0.246. The molecule has 1 unspecified atom stereocenters. The molecule has 0 radical (unpaired) electrons. The van der Waals surface area contributed by atoms with Gasteiger partial charge < -0.3 is 0 Å². The van der Waals surface area contributed by atoms with Crippen LogP contribution >= 0.6 is 0 Å². The van der Waals surface area contributed by atoms with Crippen LogP contribution in [0.15, 0.2) is 0 Å². The first-order chi connectivity index (χ1) is 7.15. The Morgan fingerprint density at radius 1 is 1.33 bits per heavy atom. The Labute approximate surface area is 92.4 Å². The highest BCUT2D eigenvalue weighted by Crippen LogP contribution is 2.14. The number of unbranched alkanes of at least 4 members (excludes halogenated alkanes) is 1. The predicted octanol–water partition coefficient (Wildman–Crippen LogP) is 2.75. The molecule has 84 valence electrons. The largest absolute Gasteiger partial charge is 0.300 e. The Morgan fingerprint density at radius 2 is 2.00 bits per heavy atom. The van der Waals surface area contributed by atoms with Crippen LogP contribution in [0.5, 0.6) is 0 Å². The first-order valence-corrected chi connectivity index (χ1v) is 5.63. The molecular formula is C13H20O2. The lowest BCUT2D eigenvalue weighted by Crippen LogP contribution is -2.17. The molecule has 0 saturated carbocycles. The van der Waals surface area contributed by atoms with Gasteiger partial charge in [-0.05, 0) is 6.42 Å². The van der Waals surface area contributed by atoms with Gasteiger partial charge in [0.15, 0.2) is 0 Å². The second kappa shape index (κ2) is 8.23. The number of carbonyl (C=O) groups excluding carboxylic acids is 2. The van der Waals surface area contributed by atoms with Crippen molar-refractivity contribution in [2.45, 2.75) is 52.4 Å². The van der Waals surface area contributed by atoms with E-state index in [0.717, 1.165) is 12.8 Å². The standard InChI is InChI=1S/C13H20O2/c1-4-7-9-12(14)10-11(8-5-2)13(15)6-3/h2,11H,4,6-10H2,1,3H3. The van der Waals surface area contributed by atoms with E-state index in [0.29, 0.717) is 25.7 Å². The van der Waals surface area contributed by atoms with E-state index in [1.165, 1.54) is 0 Å². The van der Waals surface area contributed by atoms with Crippen LogP contribution in [0.25, 0.3) is 0 Å². The molecule has 0 bridgehead atoms. The zero-order valence-electron chi connectivity index (χ0n) is 9.71. The maximum Gasteiger partial charge on any atom is 0.137 e. The Balaban J connectivity index is 4.11. The lowest BCUT2D eigenvalue weighted by molar-refractivity contribution is -0.127. The lowest BCUT2D eigenvalue weighted by atomic mass is 9.92. The van der Waals surface area contributed by atoms with Crippen molar-refractivity contribution in [3.8, 4) is 12.3 Å². The molecule has 0 amide bonds. The van der Waals surface area contributed by atoms with E-state index in [1.807, 2.05) is 13.8 Å². The van der Waals surface area contributed by atoms with Crippen molar-refractivity contribution in [3.63, 3.8) is 0 Å². The second-order valence-electron chi connectivity index (χ2n) is 3.77. The van der Waals surface area contributed by atoms with Gasteiger partial charge in [0.05, 0.1) is 0 Å². The fraction of sp³-hybridized carbons (Fsp3) is 0.692. The quantitative estimate of drug-likeness (QED) is 0.575. The molecule has 0 aromatic rings. The van der Waals surface area contributed by atoms with Crippen LogP contribution < -0.4 is 0 Å². The van der Waals surface area contributed by atoms with Gasteiger partial charge in [-0.2, -0.15) is 0 Å². The average molecular weight is 208 g/mol. The van der Waals surface area contributed by atoms with E-state index in [-0.39, 0.29) is 17.5 Å². The molecule has 0 N–H and O–H groups in total. The predicted molar refractivity (Wildman–Crippen MR) is 61.4 cm³/mol. The molecule has 15 heavy (non-hydrogen) atoms. The SMILES string of the molecule is C#CCC(CC(=O)CCCC)C(=O)CC. The lowest BCUT2D eigenvalue weighted by Gasteiger charge is -2.10. The van der Waals surface area contributed by atoms with Crippen molar-refractivity contribution < 1.29 is 9.59 Å². The molecule has 0 aromatic carbocycles. The molecule has 1 atom stereocenters. The highest BCUT2D eigenvalue weighted by Gasteiger charge is 2.18. The van der Waals surface area contributed by atoms with Crippen molar-refractivity contribution in [3.05, 3.63) is 0 Å². The Bertz CT molecular complexity index is 248. The van der Waals surface area contributed by atoms with Gasteiger partial charge in [0.1, 0.15) is 11.6 Å². The van der Waals surface area contributed by atoms with Gasteiger partial charge in [0.25, 0.3) is 0 Å². The number of carbonyl (C=O) groups is 2. The molecule has 0 aliphatic carbocycles. The summed E-state index contributed by atoms with van der Waals surface area (Å²) in [7, 11) is 0. The van der Waals surface area contributed by atoms with Gasteiger partial charge in [0, 0.05) is 31.6 Å². The molecule has 0 rings (SSSR count). The van der Waals surface area contributed by atoms with Crippen molar-refractivity contribution in [2.24, 2.45) is 5.92 Å². The van der Waals surface area contributed by atoms with E-state index < -0.39 is 0 Å². The van der Waals surface area contributed by atoms with Crippen molar-refractivity contribution in [1.82, 2.24) is 0 Å². The highest BCUT2D eigenvalue weighted by atomic mass is 16.1. The molecule has 0 saturated heterocycles. The molecule has 0 fully saturated rings. The molecule has 0 aromatic heterocycles. The van der Waals surface area contributed by atoms with Crippen molar-refractivity contribution in [1.29, 1.82) is 0 Å². The van der Waals surface area contributed by atoms with Crippen LogP contribution in [0.2, 0.25) is 0 Å². The molecular weight excluding hydrogens is 188 g/mol. The number of ketones is 2. The normalized spacial score (nSPS) is 11.8. The van der Waals surface area contributed by atoms with Gasteiger partial charge in [-0.3, -0.25) is 9.59 Å². The average Bonchev–Trinajstić information content (AvgIpc) is 2.24. The smallest absolute Gasteiger partial charge is 0.137 e. The van der Waals surface area contributed by atoms with E-state index in [9.17, 15) is 9.59 Å². The topological polar surface area (TPSA) is 34.1 Å². The summed E-state index contributed by atoms with van der Waals surface area (Å²) in [6.45, 7) is 3.85. The van der Waals surface area contributed by atoms with Crippen LogP contribution in [0.4, 0.5) is 0 Å². The maximum atomic E-state index is 11.5. The first-order valence-electron chi connectivity index (χ1n) is 5.63. The third kappa shape index (κ3) is 6.06. The summed E-state index contributed by atoms with van der Waals surface area (Å²) in [5, 5.41) is 0. The molecule has 0 aliphatic heterocycles. The summed E-state index contributed by atoms with van der Waals surface area (Å²) in [6, 6.07) is 0. The van der Waals surface area contributed by atoms with Gasteiger partial charge >= 0.3 is 0 Å². The molecule has 0 spiro atoms. The monoisotopic (exact) mass is 208 g/mol. The zero-order valence-corrected chi connectivity index (χ0v) is 9.71. The van der Waals surface area contributed by atoms with Crippen molar-refractivity contribution in [2.75, 3.05) is 0 Å². The van der Waals surface area contributed by atoms with Crippen LogP contribution in [-0.2, 0) is 9.59 Å². The van der Waals surface area contributed by atoms with Crippen LogP contribution in [0.3, 0.4) is 0 Å². The van der Waals surface area contributed by atoms with Crippen molar-refractivity contribution >= 4 is 11.6 Å². The van der Waals surface area contributed by atoms with Gasteiger partial charge in [-0.1, -0.05) is 20.3 Å². The number of hydrogen-bond acceptors (Lipinski definition) is 2. The molecule has 0 heterocycles. The van der Waals surface area contributed by atoms with Crippen LogP contribution in [0.1, 0.15) is 52.4 Å². The summed E-state index contributed by atoms with van der Waals surface area (Å²) < 4.78 is 0. The number of rotatable bonds is 8.